The Bertz CT molecular complexity index is 1180. The minimum absolute atomic E-state index is 0.0569. The van der Waals surface area contributed by atoms with Crippen molar-refractivity contribution in [3.05, 3.63) is 84.2 Å². The summed E-state index contributed by atoms with van der Waals surface area (Å²) in [5, 5.41) is 2.40. The van der Waals surface area contributed by atoms with Gasteiger partial charge in [-0.15, -0.1) is 13.2 Å². The lowest BCUT2D eigenvalue weighted by Gasteiger charge is -2.11. The molecule has 0 aromatic heterocycles. The summed E-state index contributed by atoms with van der Waals surface area (Å²) in [5.41, 5.74) is 0.286. The Morgan fingerprint density at radius 2 is 1.52 bits per heavy atom. The highest BCUT2D eigenvalue weighted by molar-refractivity contribution is 7.92. The Labute approximate surface area is 174 Å². The maximum absolute atomic E-state index is 12.9. The van der Waals surface area contributed by atoms with Crippen LogP contribution < -0.4 is 14.8 Å². The van der Waals surface area contributed by atoms with Gasteiger partial charge in [0.1, 0.15) is 11.6 Å². The van der Waals surface area contributed by atoms with Crippen LogP contribution in [0.15, 0.2) is 77.7 Å². The molecule has 0 aliphatic heterocycles. The number of amides is 1. The van der Waals surface area contributed by atoms with Gasteiger partial charge in [-0.2, -0.15) is 0 Å². The molecule has 0 spiro atoms. The molecule has 11 heteroatoms. The van der Waals surface area contributed by atoms with Crippen LogP contribution in [0, 0.1) is 5.82 Å². The summed E-state index contributed by atoms with van der Waals surface area (Å²) < 4.78 is 80.7. The average molecular weight is 454 g/mol. The fourth-order valence-corrected chi connectivity index (χ4v) is 3.55. The first-order valence-electron chi connectivity index (χ1n) is 8.57. The zero-order valence-corrected chi connectivity index (χ0v) is 16.3. The molecule has 31 heavy (non-hydrogen) atoms. The van der Waals surface area contributed by atoms with E-state index in [0.717, 1.165) is 24.3 Å². The molecule has 0 heterocycles. The third-order valence-corrected chi connectivity index (χ3v) is 5.25. The van der Waals surface area contributed by atoms with Gasteiger partial charge in [0.25, 0.3) is 15.9 Å². The molecule has 6 nitrogen and oxygen atoms in total. The Kier molecular flexibility index (Phi) is 6.16. The number of nitrogens with one attached hydrogen (secondary N) is 2. The molecule has 3 aromatic rings. The molecule has 3 rings (SSSR count). The van der Waals surface area contributed by atoms with E-state index in [1.807, 2.05) is 0 Å². The second-order valence-corrected chi connectivity index (χ2v) is 7.85. The van der Waals surface area contributed by atoms with Gasteiger partial charge in [-0.3, -0.25) is 9.52 Å². The van der Waals surface area contributed by atoms with Gasteiger partial charge in [0.15, 0.2) is 0 Å². The van der Waals surface area contributed by atoms with Crippen molar-refractivity contribution in [2.24, 2.45) is 0 Å². The predicted octanol–water partition coefficient (Wildman–Crippen LogP) is 4.78. The van der Waals surface area contributed by atoms with E-state index < -0.39 is 33.9 Å². The number of halogens is 4. The second kappa shape index (κ2) is 8.64. The van der Waals surface area contributed by atoms with E-state index in [2.05, 4.69) is 14.8 Å². The molecule has 1 amide bonds. The van der Waals surface area contributed by atoms with Crippen LogP contribution in [0.25, 0.3) is 0 Å². The number of carbonyl (C=O) groups is 1. The summed E-state index contributed by atoms with van der Waals surface area (Å²) >= 11 is 0. The van der Waals surface area contributed by atoms with E-state index in [1.54, 1.807) is 0 Å². The van der Waals surface area contributed by atoms with E-state index in [1.165, 1.54) is 48.5 Å². The first kappa shape index (κ1) is 22.1. The lowest BCUT2D eigenvalue weighted by molar-refractivity contribution is -0.274. The molecule has 0 radical (unpaired) electrons. The number of alkyl halides is 3. The highest BCUT2D eigenvalue weighted by Gasteiger charge is 2.31. The number of rotatable bonds is 6. The normalized spacial score (nSPS) is 11.6. The van der Waals surface area contributed by atoms with E-state index in [4.69, 9.17) is 0 Å². The molecule has 0 saturated carbocycles. The van der Waals surface area contributed by atoms with Crippen molar-refractivity contribution in [3.8, 4) is 5.75 Å². The Morgan fingerprint density at radius 3 is 2.13 bits per heavy atom. The molecular weight excluding hydrogens is 440 g/mol. The van der Waals surface area contributed by atoms with E-state index in [-0.39, 0.29) is 21.8 Å². The van der Waals surface area contributed by atoms with Crippen LogP contribution in [0.4, 0.5) is 28.9 Å². The molecule has 162 valence electrons. The van der Waals surface area contributed by atoms with Gasteiger partial charge in [0.2, 0.25) is 0 Å². The number of ether oxygens (including phenoxy) is 1. The minimum Gasteiger partial charge on any atom is -0.406 e. The van der Waals surface area contributed by atoms with Crippen molar-refractivity contribution in [1.29, 1.82) is 0 Å². The SMILES string of the molecule is O=C(Nc1cccc(OC(F)(F)F)c1)c1ccc(S(=O)(=O)Nc2ccc(F)cc2)cc1. The number of carbonyl (C=O) groups excluding carboxylic acids is 1. The Hall–Kier alpha value is -3.60. The molecule has 0 atom stereocenters. The lowest BCUT2D eigenvalue weighted by Crippen LogP contribution is -2.17. The third kappa shape index (κ3) is 6.19. The summed E-state index contributed by atoms with van der Waals surface area (Å²) in [5.74, 6) is -1.69. The zero-order chi connectivity index (χ0) is 22.6. The second-order valence-electron chi connectivity index (χ2n) is 6.17. The molecule has 0 aliphatic rings. The summed E-state index contributed by atoms with van der Waals surface area (Å²) in [4.78, 5) is 12.2. The van der Waals surface area contributed by atoms with Crippen LogP contribution in [-0.2, 0) is 10.0 Å². The highest BCUT2D eigenvalue weighted by atomic mass is 32.2. The molecule has 0 aliphatic carbocycles. The van der Waals surface area contributed by atoms with Gasteiger partial charge in [0.05, 0.1) is 4.90 Å². The summed E-state index contributed by atoms with van der Waals surface area (Å²) in [6.45, 7) is 0. The summed E-state index contributed by atoms with van der Waals surface area (Å²) in [6.07, 6.45) is -4.87. The average Bonchev–Trinajstić information content (AvgIpc) is 2.69. The van der Waals surface area contributed by atoms with Crippen molar-refractivity contribution in [3.63, 3.8) is 0 Å². The first-order chi connectivity index (χ1) is 14.5. The van der Waals surface area contributed by atoms with Gasteiger partial charge in [0, 0.05) is 23.0 Å². The number of hydrogen-bond acceptors (Lipinski definition) is 4. The van der Waals surface area contributed by atoms with Crippen LogP contribution >= 0.6 is 0 Å². The van der Waals surface area contributed by atoms with Crippen LogP contribution in [0.3, 0.4) is 0 Å². The zero-order valence-electron chi connectivity index (χ0n) is 15.5. The van der Waals surface area contributed by atoms with Crippen molar-refractivity contribution in [2.75, 3.05) is 10.0 Å². The van der Waals surface area contributed by atoms with Gasteiger partial charge < -0.3 is 10.1 Å². The summed E-state index contributed by atoms with van der Waals surface area (Å²) in [7, 11) is -3.98. The van der Waals surface area contributed by atoms with E-state index >= 15 is 0 Å². The molecule has 0 fully saturated rings. The van der Waals surface area contributed by atoms with Gasteiger partial charge in [-0.05, 0) is 60.7 Å². The number of sulfonamides is 1. The van der Waals surface area contributed by atoms with Crippen LogP contribution in [0.2, 0.25) is 0 Å². The standard InChI is InChI=1S/C20H14F4N2O4S/c21-14-6-8-15(9-7-14)26-31(28,29)18-10-4-13(5-11-18)19(27)25-16-2-1-3-17(12-16)30-20(22,23)24/h1-12,26H,(H,25,27). The first-order valence-corrected chi connectivity index (χ1v) is 10.1. The fraction of sp³-hybridized carbons (Fsp3) is 0.0500. The van der Waals surface area contributed by atoms with Gasteiger partial charge in [-0.1, -0.05) is 6.07 Å². The third-order valence-electron chi connectivity index (χ3n) is 3.85. The fourth-order valence-electron chi connectivity index (χ4n) is 2.49. The number of hydrogen-bond donors (Lipinski definition) is 2. The predicted molar refractivity (Wildman–Crippen MR) is 105 cm³/mol. The molecule has 3 aromatic carbocycles. The van der Waals surface area contributed by atoms with Crippen LogP contribution in [0.5, 0.6) is 5.75 Å². The van der Waals surface area contributed by atoms with Crippen molar-refractivity contribution in [1.82, 2.24) is 0 Å². The van der Waals surface area contributed by atoms with Gasteiger partial charge in [-0.25, -0.2) is 12.8 Å². The van der Waals surface area contributed by atoms with Crippen molar-refractivity contribution in [2.45, 2.75) is 11.3 Å². The topological polar surface area (TPSA) is 84.5 Å². The van der Waals surface area contributed by atoms with E-state index in [0.29, 0.717) is 0 Å². The van der Waals surface area contributed by atoms with Crippen molar-refractivity contribution >= 4 is 27.3 Å². The Morgan fingerprint density at radius 1 is 0.871 bits per heavy atom. The summed E-state index contributed by atoms with van der Waals surface area (Å²) in [6, 6.07) is 14.3. The number of anilines is 2. The Balaban J connectivity index is 1.70. The van der Waals surface area contributed by atoms with Gasteiger partial charge >= 0.3 is 6.36 Å². The largest absolute Gasteiger partial charge is 0.573 e. The molecule has 2 N–H and O–H groups in total. The van der Waals surface area contributed by atoms with Crippen LogP contribution in [-0.4, -0.2) is 20.7 Å². The quantitative estimate of drug-likeness (QED) is 0.525. The van der Waals surface area contributed by atoms with Crippen molar-refractivity contribution < 1.29 is 35.5 Å². The van der Waals surface area contributed by atoms with E-state index in [9.17, 15) is 30.8 Å². The lowest BCUT2D eigenvalue weighted by atomic mass is 10.2. The molecular formula is C20H14F4N2O4S. The molecule has 0 unspecified atom stereocenters. The minimum atomic E-state index is -4.87. The highest BCUT2D eigenvalue weighted by Crippen LogP contribution is 2.25. The van der Waals surface area contributed by atoms with Crippen LogP contribution in [0.1, 0.15) is 10.4 Å². The maximum atomic E-state index is 12.9. The number of benzene rings is 3. The maximum Gasteiger partial charge on any atom is 0.573 e. The smallest absolute Gasteiger partial charge is 0.406 e. The molecule has 0 bridgehead atoms. The molecule has 0 saturated heterocycles. The monoisotopic (exact) mass is 454 g/mol.